The lowest BCUT2D eigenvalue weighted by atomic mass is 9.94. The van der Waals surface area contributed by atoms with Gasteiger partial charge in [-0.25, -0.2) is 22.0 Å². The summed E-state index contributed by atoms with van der Waals surface area (Å²) in [7, 11) is 0. The molecule has 3 aromatic rings. The maximum Gasteiger partial charge on any atom is 0.429 e. The van der Waals surface area contributed by atoms with Crippen molar-refractivity contribution in [3.8, 4) is 16.9 Å². The summed E-state index contributed by atoms with van der Waals surface area (Å²) in [5, 5.41) is 0. The van der Waals surface area contributed by atoms with Gasteiger partial charge in [-0.05, 0) is 66.8 Å². The zero-order valence-electron chi connectivity index (χ0n) is 20.4. The van der Waals surface area contributed by atoms with E-state index in [4.69, 9.17) is 9.47 Å². The molecular weight excluding hydrogens is 517 g/mol. The van der Waals surface area contributed by atoms with Crippen LogP contribution in [-0.4, -0.2) is 19.8 Å². The van der Waals surface area contributed by atoms with Crippen LogP contribution in [0.2, 0.25) is 0 Å². The highest BCUT2D eigenvalue weighted by Gasteiger charge is 2.38. The Morgan fingerprint density at radius 3 is 2.21 bits per heavy atom. The molecule has 0 N–H and O–H groups in total. The van der Waals surface area contributed by atoms with Crippen molar-refractivity contribution in [2.24, 2.45) is 5.92 Å². The van der Waals surface area contributed by atoms with Gasteiger partial charge in [0.1, 0.15) is 17.4 Å². The van der Waals surface area contributed by atoms with Crippen molar-refractivity contribution in [3.05, 3.63) is 88.7 Å². The van der Waals surface area contributed by atoms with E-state index in [9.17, 15) is 30.7 Å². The number of benzene rings is 3. The van der Waals surface area contributed by atoms with Crippen molar-refractivity contribution in [1.29, 1.82) is 0 Å². The molecule has 0 saturated carbocycles. The van der Waals surface area contributed by atoms with E-state index in [2.05, 4.69) is 4.74 Å². The number of rotatable bonds is 9. The zero-order chi connectivity index (χ0) is 27.4. The molecule has 0 radical (unpaired) electrons. The standard InChI is InChI=1S/C28H25F7O3/c1-2-9-36-14-16-3-8-26(37-15-16)17-4-7-21(23(30)10-17)28(34,35)38-19-5-6-20(22(29)13-19)18-11-24(31)27(33)25(32)12-18/h4-7,10-13,16,26H,2-3,8-9,14-15H2,1H3. The first-order valence-corrected chi connectivity index (χ1v) is 12.1. The van der Waals surface area contributed by atoms with Crippen molar-refractivity contribution >= 4 is 0 Å². The van der Waals surface area contributed by atoms with Crippen molar-refractivity contribution in [2.45, 2.75) is 38.4 Å². The second-order valence-corrected chi connectivity index (χ2v) is 9.09. The van der Waals surface area contributed by atoms with Gasteiger partial charge in [-0.1, -0.05) is 13.0 Å². The van der Waals surface area contributed by atoms with Crippen molar-refractivity contribution in [2.75, 3.05) is 19.8 Å². The molecule has 2 unspecified atom stereocenters. The van der Waals surface area contributed by atoms with Crippen LogP contribution in [0.25, 0.3) is 11.1 Å². The fraction of sp³-hybridized carbons (Fsp3) is 0.357. The molecule has 3 nitrogen and oxygen atoms in total. The summed E-state index contributed by atoms with van der Waals surface area (Å²) >= 11 is 0. The van der Waals surface area contributed by atoms with Crippen LogP contribution in [0.3, 0.4) is 0 Å². The second kappa shape index (κ2) is 11.7. The van der Waals surface area contributed by atoms with Crippen LogP contribution < -0.4 is 4.74 Å². The fourth-order valence-corrected chi connectivity index (χ4v) is 4.27. The third-order valence-electron chi connectivity index (χ3n) is 6.23. The molecule has 1 aliphatic rings. The summed E-state index contributed by atoms with van der Waals surface area (Å²) in [6.07, 6.45) is -2.33. The molecule has 10 heteroatoms. The molecule has 0 aliphatic carbocycles. The average molecular weight is 542 g/mol. The Kier molecular flexibility index (Phi) is 8.62. The minimum atomic E-state index is -4.17. The summed E-state index contributed by atoms with van der Waals surface area (Å²) in [5.74, 6) is -7.62. The first kappa shape index (κ1) is 27.9. The molecule has 1 fully saturated rings. The van der Waals surface area contributed by atoms with E-state index in [1.807, 2.05) is 6.92 Å². The van der Waals surface area contributed by atoms with E-state index in [-0.39, 0.29) is 17.0 Å². The highest BCUT2D eigenvalue weighted by molar-refractivity contribution is 5.65. The molecule has 0 aromatic heterocycles. The number of halogens is 7. The highest BCUT2D eigenvalue weighted by Crippen LogP contribution is 2.38. The van der Waals surface area contributed by atoms with E-state index < -0.39 is 52.6 Å². The number of ether oxygens (including phenoxy) is 3. The van der Waals surface area contributed by atoms with Gasteiger partial charge in [0.25, 0.3) is 0 Å². The van der Waals surface area contributed by atoms with E-state index >= 15 is 0 Å². The van der Waals surface area contributed by atoms with E-state index in [1.54, 1.807) is 0 Å². The van der Waals surface area contributed by atoms with Crippen molar-refractivity contribution in [1.82, 2.24) is 0 Å². The normalized spacial score (nSPS) is 18.0. The van der Waals surface area contributed by atoms with Gasteiger partial charge in [0, 0.05) is 24.2 Å². The van der Waals surface area contributed by atoms with Gasteiger partial charge in [0.15, 0.2) is 17.5 Å². The number of hydrogen-bond donors (Lipinski definition) is 0. The summed E-state index contributed by atoms with van der Waals surface area (Å²) < 4.78 is 115. The second-order valence-electron chi connectivity index (χ2n) is 9.09. The largest absolute Gasteiger partial charge is 0.429 e. The van der Waals surface area contributed by atoms with Crippen LogP contribution in [0.1, 0.15) is 43.4 Å². The van der Waals surface area contributed by atoms with E-state index in [0.29, 0.717) is 50.0 Å². The zero-order valence-corrected chi connectivity index (χ0v) is 20.4. The lowest BCUT2D eigenvalue weighted by molar-refractivity contribution is -0.187. The fourth-order valence-electron chi connectivity index (χ4n) is 4.27. The Morgan fingerprint density at radius 1 is 0.868 bits per heavy atom. The van der Waals surface area contributed by atoms with Crippen molar-refractivity contribution in [3.63, 3.8) is 0 Å². The van der Waals surface area contributed by atoms with Gasteiger partial charge in [0.2, 0.25) is 0 Å². The maximum absolute atomic E-state index is 14.8. The van der Waals surface area contributed by atoms with Gasteiger partial charge in [0.05, 0.1) is 24.9 Å². The van der Waals surface area contributed by atoms with E-state index in [0.717, 1.165) is 37.1 Å². The van der Waals surface area contributed by atoms with Crippen LogP contribution in [0, 0.1) is 35.0 Å². The van der Waals surface area contributed by atoms with Crippen LogP contribution in [0.5, 0.6) is 5.75 Å². The Hall–Kier alpha value is -3.11. The predicted octanol–water partition coefficient (Wildman–Crippen LogP) is 8.07. The summed E-state index contributed by atoms with van der Waals surface area (Å²) in [6.45, 7) is 3.65. The lowest BCUT2D eigenvalue weighted by Gasteiger charge is -2.29. The quantitative estimate of drug-likeness (QED) is 0.156. The van der Waals surface area contributed by atoms with Gasteiger partial charge < -0.3 is 14.2 Å². The predicted molar refractivity (Wildman–Crippen MR) is 125 cm³/mol. The van der Waals surface area contributed by atoms with Gasteiger partial charge in [-0.3, -0.25) is 0 Å². The van der Waals surface area contributed by atoms with Gasteiger partial charge in [-0.15, -0.1) is 0 Å². The summed E-state index contributed by atoms with van der Waals surface area (Å²) in [4.78, 5) is 0. The molecule has 38 heavy (non-hydrogen) atoms. The Balaban J connectivity index is 1.45. The molecule has 1 saturated heterocycles. The smallest absolute Gasteiger partial charge is 0.429 e. The maximum atomic E-state index is 14.8. The summed E-state index contributed by atoms with van der Waals surface area (Å²) in [6, 6.07) is 6.74. The molecule has 1 aliphatic heterocycles. The molecule has 2 atom stereocenters. The van der Waals surface area contributed by atoms with Crippen LogP contribution in [0.4, 0.5) is 30.7 Å². The molecule has 204 valence electrons. The molecule has 3 aromatic carbocycles. The monoisotopic (exact) mass is 542 g/mol. The highest BCUT2D eigenvalue weighted by atomic mass is 19.3. The van der Waals surface area contributed by atoms with Crippen LogP contribution in [0.15, 0.2) is 48.5 Å². The van der Waals surface area contributed by atoms with Crippen LogP contribution in [-0.2, 0) is 15.6 Å². The lowest BCUT2D eigenvalue weighted by Crippen LogP contribution is -2.26. The van der Waals surface area contributed by atoms with Gasteiger partial charge in [-0.2, -0.15) is 8.78 Å². The molecule has 0 bridgehead atoms. The third-order valence-corrected chi connectivity index (χ3v) is 6.23. The molecule has 1 heterocycles. The average Bonchev–Trinajstić information content (AvgIpc) is 2.87. The first-order valence-electron chi connectivity index (χ1n) is 12.1. The summed E-state index contributed by atoms with van der Waals surface area (Å²) in [5.41, 5.74) is -1.37. The van der Waals surface area contributed by atoms with E-state index in [1.165, 1.54) is 6.07 Å². The Labute approximate surface area is 215 Å². The Bertz CT molecular complexity index is 1250. The third kappa shape index (κ3) is 6.30. The molecular formula is C28H25F7O3. The number of alkyl halides is 2. The molecule has 0 spiro atoms. The SMILES string of the molecule is CCCOCC1CCC(c2ccc(C(F)(F)Oc3ccc(-c4cc(F)c(F)c(F)c4)c(F)c3)c(F)c2)OC1. The number of hydrogen-bond acceptors (Lipinski definition) is 3. The first-order chi connectivity index (χ1) is 18.1. The van der Waals surface area contributed by atoms with Crippen LogP contribution >= 0.6 is 0 Å². The van der Waals surface area contributed by atoms with Crippen molar-refractivity contribution < 1.29 is 44.9 Å². The molecule has 0 amide bonds. The minimum absolute atomic E-state index is 0.215. The van der Waals surface area contributed by atoms with Gasteiger partial charge >= 0.3 is 6.11 Å². The topological polar surface area (TPSA) is 27.7 Å². The Morgan fingerprint density at radius 2 is 1.61 bits per heavy atom. The minimum Gasteiger partial charge on any atom is -0.429 e. The molecule has 4 rings (SSSR count).